The number of rotatable bonds is 6. The van der Waals surface area contributed by atoms with Crippen LogP contribution in [0.1, 0.15) is 5.56 Å². The van der Waals surface area contributed by atoms with Gasteiger partial charge in [0.2, 0.25) is 0 Å². The summed E-state index contributed by atoms with van der Waals surface area (Å²) >= 11 is 0. The Hall–Kier alpha value is -1.06. The number of morpholine rings is 1. The average molecular weight is 448 g/mol. The first kappa shape index (κ1) is 21.0. The van der Waals surface area contributed by atoms with E-state index in [2.05, 4.69) is 34.5 Å². The van der Waals surface area contributed by atoms with Crippen LogP contribution in [-0.2, 0) is 4.74 Å². The summed E-state index contributed by atoms with van der Waals surface area (Å²) in [5.74, 6) is 1.66. The van der Waals surface area contributed by atoms with Gasteiger partial charge in [-0.15, -0.1) is 24.0 Å². The fourth-order valence-corrected chi connectivity index (χ4v) is 2.39. The Morgan fingerprint density at radius 2 is 2.08 bits per heavy atom. The number of aliphatic imine (C=N–C) groups is 1. The molecule has 1 aliphatic heterocycles. The first-order valence-electron chi connectivity index (χ1n) is 8.11. The maximum absolute atomic E-state index is 5.72. The van der Waals surface area contributed by atoms with Crippen LogP contribution in [0.3, 0.4) is 0 Å². The van der Waals surface area contributed by atoms with Gasteiger partial charge in [-0.05, 0) is 26.1 Å². The number of hydrogen-bond donors (Lipinski definition) is 2. The second-order valence-corrected chi connectivity index (χ2v) is 5.80. The van der Waals surface area contributed by atoms with E-state index in [1.54, 1.807) is 7.05 Å². The van der Waals surface area contributed by atoms with Crippen molar-refractivity contribution < 1.29 is 9.47 Å². The van der Waals surface area contributed by atoms with Gasteiger partial charge >= 0.3 is 0 Å². The van der Waals surface area contributed by atoms with Gasteiger partial charge in [0, 0.05) is 26.7 Å². The molecule has 136 valence electrons. The number of hydrogen-bond acceptors (Lipinski definition) is 4. The van der Waals surface area contributed by atoms with E-state index >= 15 is 0 Å². The summed E-state index contributed by atoms with van der Waals surface area (Å²) in [6.07, 6.45) is 0.205. The van der Waals surface area contributed by atoms with Gasteiger partial charge in [-0.1, -0.05) is 17.7 Å². The molecule has 7 heteroatoms. The van der Waals surface area contributed by atoms with Crippen LogP contribution in [0.4, 0.5) is 0 Å². The minimum absolute atomic E-state index is 0. The largest absolute Gasteiger partial charge is 0.492 e. The van der Waals surface area contributed by atoms with Gasteiger partial charge in [0.05, 0.1) is 19.3 Å². The molecule has 1 atom stereocenters. The lowest BCUT2D eigenvalue weighted by Gasteiger charge is -2.30. The van der Waals surface area contributed by atoms with Crippen molar-refractivity contribution in [2.45, 2.75) is 13.0 Å². The van der Waals surface area contributed by atoms with Crippen molar-refractivity contribution in [3.05, 3.63) is 29.8 Å². The Morgan fingerprint density at radius 1 is 1.33 bits per heavy atom. The van der Waals surface area contributed by atoms with Crippen molar-refractivity contribution in [3.63, 3.8) is 0 Å². The second kappa shape index (κ2) is 11.5. The fourth-order valence-electron chi connectivity index (χ4n) is 2.39. The highest BCUT2D eigenvalue weighted by atomic mass is 127. The summed E-state index contributed by atoms with van der Waals surface area (Å²) in [5.41, 5.74) is 1.23. The number of aryl methyl sites for hydroxylation is 1. The molecule has 0 bridgehead atoms. The van der Waals surface area contributed by atoms with Crippen LogP contribution in [0.5, 0.6) is 5.75 Å². The zero-order chi connectivity index (χ0) is 16.5. The van der Waals surface area contributed by atoms with Crippen molar-refractivity contribution in [2.24, 2.45) is 4.99 Å². The molecule has 1 saturated heterocycles. The predicted octanol–water partition coefficient (Wildman–Crippen LogP) is 1.49. The minimum atomic E-state index is 0. The maximum Gasteiger partial charge on any atom is 0.191 e. The maximum atomic E-state index is 5.72. The third-order valence-electron chi connectivity index (χ3n) is 3.75. The van der Waals surface area contributed by atoms with E-state index in [0.717, 1.165) is 38.0 Å². The molecule has 1 aromatic carbocycles. The molecule has 1 aliphatic rings. The van der Waals surface area contributed by atoms with E-state index in [4.69, 9.17) is 9.47 Å². The Balaban J connectivity index is 0.00000288. The molecule has 24 heavy (non-hydrogen) atoms. The number of ether oxygens (including phenoxy) is 2. The molecule has 2 rings (SSSR count). The van der Waals surface area contributed by atoms with E-state index < -0.39 is 0 Å². The highest BCUT2D eigenvalue weighted by Gasteiger charge is 2.17. The van der Waals surface area contributed by atoms with Crippen molar-refractivity contribution in [3.8, 4) is 5.75 Å². The molecular weight excluding hydrogens is 419 g/mol. The Kier molecular flexibility index (Phi) is 10.0. The quantitative estimate of drug-likeness (QED) is 0.299. The van der Waals surface area contributed by atoms with Gasteiger partial charge in [0.15, 0.2) is 5.96 Å². The van der Waals surface area contributed by atoms with E-state index in [9.17, 15) is 0 Å². The standard InChI is InChI=1S/C17H28N4O2.HI/c1-14-4-6-15(7-5-14)22-10-8-19-17(18-2)20-12-16-13-21(3)9-11-23-16;/h4-7,16H,8-13H2,1-3H3,(H2,18,19,20);1H. The molecule has 0 amide bonds. The van der Waals surface area contributed by atoms with Gasteiger partial charge in [0.1, 0.15) is 12.4 Å². The zero-order valence-electron chi connectivity index (χ0n) is 14.7. The normalized spacial score (nSPS) is 18.6. The molecule has 0 spiro atoms. The first-order valence-corrected chi connectivity index (χ1v) is 8.11. The van der Waals surface area contributed by atoms with Crippen molar-refractivity contribution in [1.29, 1.82) is 0 Å². The molecule has 0 saturated carbocycles. The summed E-state index contributed by atoms with van der Waals surface area (Å²) in [6, 6.07) is 8.06. The number of guanidine groups is 1. The minimum Gasteiger partial charge on any atom is -0.492 e. The van der Waals surface area contributed by atoms with E-state index in [-0.39, 0.29) is 30.1 Å². The zero-order valence-corrected chi connectivity index (χ0v) is 17.1. The molecule has 0 aliphatic carbocycles. The van der Waals surface area contributed by atoms with E-state index in [0.29, 0.717) is 13.2 Å². The number of halogens is 1. The van der Waals surface area contributed by atoms with Crippen molar-refractivity contribution >= 4 is 29.9 Å². The van der Waals surface area contributed by atoms with Crippen LogP contribution >= 0.6 is 24.0 Å². The third kappa shape index (κ3) is 7.67. The third-order valence-corrected chi connectivity index (χ3v) is 3.75. The Labute approximate surface area is 162 Å². The summed E-state index contributed by atoms with van der Waals surface area (Å²) in [4.78, 5) is 6.50. The number of likely N-dealkylation sites (N-methyl/N-ethyl adjacent to an activating group) is 1. The van der Waals surface area contributed by atoms with E-state index in [1.807, 2.05) is 24.3 Å². The number of nitrogens with one attached hydrogen (secondary N) is 2. The molecule has 1 unspecified atom stereocenters. The number of nitrogens with zero attached hydrogens (tertiary/aromatic N) is 2. The second-order valence-electron chi connectivity index (χ2n) is 5.80. The summed E-state index contributed by atoms with van der Waals surface area (Å²) in [7, 11) is 3.88. The van der Waals surface area contributed by atoms with Crippen LogP contribution in [0.2, 0.25) is 0 Å². The Bertz CT molecular complexity index is 496. The lowest BCUT2D eigenvalue weighted by atomic mass is 10.2. The average Bonchev–Trinajstić information content (AvgIpc) is 2.56. The smallest absolute Gasteiger partial charge is 0.191 e. The SMILES string of the molecule is CN=C(NCCOc1ccc(C)cc1)NCC1CN(C)CCO1.I. The van der Waals surface area contributed by atoms with Crippen molar-refractivity contribution in [1.82, 2.24) is 15.5 Å². The number of benzene rings is 1. The monoisotopic (exact) mass is 448 g/mol. The van der Waals surface area contributed by atoms with Crippen LogP contribution in [-0.4, -0.2) is 70.5 Å². The van der Waals surface area contributed by atoms with Crippen LogP contribution < -0.4 is 15.4 Å². The molecule has 0 radical (unpaired) electrons. The van der Waals surface area contributed by atoms with Gasteiger partial charge < -0.3 is 25.0 Å². The van der Waals surface area contributed by atoms with Crippen LogP contribution in [0.15, 0.2) is 29.3 Å². The molecule has 1 heterocycles. The molecule has 6 nitrogen and oxygen atoms in total. The van der Waals surface area contributed by atoms with E-state index in [1.165, 1.54) is 5.56 Å². The van der Waals surface area contributed by atoms with Gasteiger partial charge in [0.25, 0.3) is 0 Å². The topological polar surface area (TPSA) is 58.1 Å². The summed E-state index contributed by atoms with van der Waals surface area (Å²) in [6.45, 7) is 6.84. The fraction of sp³-hybridized carbons (Fsp3) is 0.588. The lowest BCUT2D eigenvalue weighted by molar-refractivity contribution is -0.0161. The highest BCUT2D eigenvalue weighted by Crippen LogP contribution is 2.10. The van der Waals surface area contributed by atoms with Crippen LogP contribution in [0.25, 0.3) is 0 Å². The molecule has 1 fully saturated rings. The molecular formula is C17H29IN4O2. The molecule has 1 aromatic rings. The summed E-state index contributed by atoms with van der Waals surface area (Å²) < 4.78 is 11.4. The summed E-state index contributed by atoms with van der Waals surface area (Å²) in [5, 5.41) is 6.54. The molecule has 0 aromatic heterocycles. The highest BCUT2D eigenvalue weighted by molar-refractivity contribution is 14.0. The van der Waals surface area contributed by atoms with Gasteiger partial charge in [-0.3, -0.25) is 4.99 Å². The lowest BCUT2D eigenvalue weighted by Crippen LogP contribution is -2.48. The van der Waals surface area contributed by atoms with Crippen LogP contribution in [0, 0.1) is 6.92 Å². The Morgan fingerprint density at radius 3 is 2.75 bits per heavy atom. The first-order chi connectivity index (χ1) is 11.2. The van der Waals surface area contributed by atoms with Gasteiger partial charge in [-0.2, -0.15) is 0 Å². The predicted molar refractivity (Wildman–Crippen MR) is 109 cm³/mol. The van der Waals surface area contributed by atoms with Gasteiger partial charge in [-0.25, -0.2) is 0 Å². The van der Waals surface area contributed by atoms with Crippen molar-refractivity contribution in [2.75, 3.05) is 53.5 Å². The molecule has 2 N–H and O–H groups in total.